The van der Waals surface area contributed by atoms with Crippen LogP contribution >= 0.6 is 0 Å². The molecule has 0 aliphatic rings. The second kappa shape index (κ2) is 14.4. The lowest BCUT2D eigenvalue weighted by Gasteiger charge is -2.10. The van der Waals surface area contributed by atoms with E-state index in [1.165, 1.54) is 6.08 Å². The molecule has 29 heavy (non-hydrogen) atoms. The first kappa shape index (κ1) is 24.4. The number of rotatable bonds is 14. The highest BCUT2D eigenvalue weighted by Gasteiger charge is 2.05. The average molecular weight is 405 g/mol. The second-order valence-corrected chi connectivity index (χ2v) is 6.54. The van der Waals surface area contributed by atoms with Crippen LogP contribution in [0.1, 0.15) is 52.0 Å². The van der Waals surface area contributed by atoms with Crippen molar-refractivity contribution in [3.63, 3.8) is 0 Å². The van der Waals surface area contributed by atoms with Crippen LogP contribution in [0.25, 0.3) is 6.08 Å². The number of carbonyl (C=O) groups excluding carboxylic acids is 2. The average Bonchev–Trinajstić information content (AvgIpc) is 2.69. The number of esters is 2. The van der Waals surface area contributed by atoms with Crippen molar-refractivity contribution in [3.05, 3.63) is 48.1 Å². The largest absolute Gasteiger partial charge is 0.494 e. The van der Waals surface area contributed by atoms with Crippen LogP contribution in [-0.4, -0.2) is 38.0 Å². The molecule has 1 unspecified atom stereocenters. The van der Waals surface area contributed by atoms with Crippen molar-refractivity contribution in [3.8, 4) is 5.75 Å². The number of hydrogen-bond acceptors (Lipinski definition) is 6. The predicted octanol–water partition coefficient (Wildman–Crippen LogP) is 4.68. The zero-order chi connectivity index (χ0) is 21.5. The highest BCUT2D eigenvalue weighted by Crippen LogP contribution is 2.14. The molecule has 1 aromatic carbocycles. The van der Waals surface area contributed by atoms with Crippen LogP contribution in [0, 0.1) is 0 Å². The van der Waals surface area contributed by atoms with Crippen LogP contribution in [-0.2, 0) is 23.8 Å². The van der Waals surface area contributed by atoms with E-state index in [1.54, 1.807) is 19.9 Å². The van der Waals surface area contributed by atoms with E-state index in [4.69, 9.17) is 18.9 Å². The third-order valence-corrected chi connectivity index (χ3v) is 3.86. The van der Waals surface area contributed by atoms with Gasteiger partial charge in [-0.3, -0.25) is 0 Å². The summed E-state index contributed by atoms with van der Waals surface area (Å²) >= 11 is 0. The summed E-state index contributed by atoms with van der Waals surface area (Å²) in [6, 6.07) is 7.48. The van der Waals surface area contributed by atoms with E-state index in [0.29, 0.717) is 25.4 Å². The van der Waals surface area contributed by atoms with Gasteiger partial charge < -0.3 is 18.9 Å². The molecule has 1 aromatic rings. The normalized spacial score (nSPS) is 11.8. The Kier molecular flexibility index (Phi) is 12.1. The maximum Gasteiger partial charge on any atom is 0.333 e. The zero-order valence-corrected chi connectivity index (χ0v) is 17.6. The van der Waals surface area contributed by atoms with Crippen molar-refractivity contribution in [2.45, 2.75) is 52.7 Å². The van der Waals surface area contributed by atoms with Gasteiger partial charge in [0.2, 0.25) is 0 Å². The summed E-state index contributed by atoms with van der Waals surface area (Å²) in [5, 5.41) is 0. The lowest BCUT2D eigenvalue weighted by atomic mass is 10.2. The molecule has 0 saturated heterocycles. The molecule has 0 spiro atoms. The zero-order valence-electron chi connectivity index (χ0n) is 17.6. The van der Waals surface area contributed by atoms with Gasteiger partial charge in [0.25, 0.3) is 0 Å². The Morgan fingerprint density at radius 3 is 2.34 bits per heavy atom. The van der Waals surface area contributed by atoms with Crippen molar-refractivity contribution in [2.24, 2.45) is 0 Å². The maximum atomic E-state index is 11.7. The lowest BCUT2D eigenvalue weighted by Crippen LogP contribution is -2.16. The van der Waals surface area contributed by atoms with Crippen LogP contribution in [0.4, 0.5) is 0 Å². The van der Waals surface area contributed by atoms with Crippen molar-refractivity contribution in [1.82, 2.24) is 0 Å². The molecule has 0 heterocycles. The summed E-state index contributed by atoms with van der Waals surface area (Å²) in [7, 11) is 0. The molecule has 0 bridgehead atoms. The van der Waals surface area contributed by atoms with E-state index in [1.807, 2.05) is 31.2 Å². The SMILES string of the molecule is C=C(C)C(=O)OCCCCCCOc1ccc(/C=C/C(=O)OC(C)OCC)cc1. The van der Waals surface area contributed by atoms with Gasteiger partial charge in [-0.1, -0.05) is 18.7 Å². The molecule has 0 saturated carbocycles. The van der Waals surface area contributed by atoms with Gasteiger partial charge in [0.1, 0.15) is 5.75 Å². The minimum atomic E-state index is -0.556. The number of benzene rings is 1. The van der Waals surface area contributed by atoms with Gasteiger partial charge in [0.15, 0.2) is 6.29 Å². The monoisotopic (exact) mass is 404 g/mol. The molecule has 6 nitrogen and oxygen atoms in total. The molecule has 6 heteroatoms. The number of carbonyl (C=O) groups is 2. The van der Waals surface area contributed by atoms with Gasteiger partial charge in [-0.25, -0.2) is 9.59 Å². The summed E-state index contributed by atoms with van der Waals surface area (Å²) in [6.45, 7) is 10.3. The fourth-order valence-electron chi connectivity index (χ4n) is 2.35. The molecule has 1 rings (SSSR count). The third kappa shape index (κ3) is 11.8. The fourth-order valence-corrected chi connectivity index (χ4v) is 2.35. The summed E-state index contributed by atoms with van der Waals surface area (Å²) < 4.78 is 21.0. The standard InChI is InChI=1S/C23H32O6/c1-5-26-19(4)29-22(24)15-12-20-10-13-21(14-11-20)27-16-8-6-7-9-17-28-23(25)18(2)3/h10-15,19H,2,5-9,16-17H2,1,3-4H3/b15-12+. The smallest absolute Gasteiger partial charge is 0.333 e. The van der Waals surface area contributed by atoms with E-state index in [9.17, 15) is 9.59 Å². The van der Waals surface area contributed by atoms with Crippen molar-refractivity contribution in [2.75, 3.05) is 19.8 Å². The van der Waals surface area contributed by atoms with E-state index >= 15 is 0 Å². The van der Waals surface area contributed by atoms with Crippen LogP contribution in [0.2, 0.25) is 0 Å². The minimum absolute atomic E-state index is 0.330. The van der Waals surface area contributed by atoms with Gasteiger partial charge in [0, 0.05) is 18.3 Å². The van der Waals surface area contributed by atoms with Gasteiger partial charge in [0.05, 0.1) is 13.2 Å². The fraction of sp³-hybridized carbons (Fsp3) is 0.478. The molecule has 1 atom stereocenters. The lowest BCUT2D eigenvalue weighted by molar-refractivity contribution is -0.167. The summed E-state index contributed by atoms with van der Waals surface area (Å²) in [4.78, 5) is 22.9. The second-order valence-electron chi connectivity index (χ2n) is 6.54. The van der Waals surface area contributed by atoms with Gasteiger partial charge in [-0.2, -0.15) is 0 Å². The third-order valence-electron chi connectivity index (χ3n) is 3.86. The molecule has 0 amide bonds. The van der Waals surface area contributed by atoms with E-state index < -0.39 is 12.3 Å². The van der Waals surface area contributed by atoms with Crippen LogP contribution in [0.3, 0.4) is 0 Å². The predicted molar refractivity (Wildman–Crippen MR) is 112 cm³/mol. The van der Waals surface area contributed by atoms with Gasteiger partial charge in [-0.05, 0) is 70.2 Å². The highest BCUT2D eigenvalue weighted by molar-refractivity contribution is 5.87. The molecular weight excluding hydrogens is 372 g/mol. The molecular formula is C23H32O6. The molecule has 0 aliphatic heterocycles. The Morgan fingerprint density at radius 2 is 1.72 bits per heavy atom. The van der Waals surface area contributed by atoms with Gasteiger partial charge >= 0.3 is 11.9 Å². The Balaban J connectivity index is 2.18. The number of hydrogen-bond donors (Lipinski definition) is 0. The van der Waals surface area contributed by atoms with Crippen LogP contribution < -0.4 is 4.74 Å². The highest BCUT2D eigenvalue weighted by atomic mass is 16.7. The Labute approximate surface area is 173 Å². The van der Waals surface area contributed by atoms with Crippen LogP contribution in [0.15, 0.2) is 42.5 Å². The van der Waals surface area contributed by atoms with Crippen LogP contribution in [0.5, 0.6) is 5.75 Å². The van der Waals surface area contributed by atoms with Crippen molar-refractivity contribution >= 4 is 18.0 Å². The first-order valence-electron chi connectivity index (χ1n) is 9.98. The topological polar surface area (TPSA) is 71.1 Å². The molecule has 0 N–H and O–H groups in total. The Hall–Kier alpha value is -2.60. The summed E-state index contributed by atoms with van der Waals surface area (Å²) in [5.41, 5.74) is 1.30. The number of unbranched alkanes of at least 4 members (excludes halogenated alkanes) is 3. The summed E-state index contributed by atoms with van der Waals surface area (Å²) in [6.07, 6.45) is 6.26. The maximum absolute atomic E-state index is 11.7. The van der Waals surface area contributed by atoms with E-state index in [-0.39, 0.29) is 5.97 Å². The molecule has 160 valence electrons. The van der Waals surface area contributed by atoms with Crippen molar-refractivity contribution in [1.29, 1.82) is 0 Å². The quantitative estimate of drug-likeness (QED) is 0.194. The van der Waals surface area contributed by atoms with Crippen molar-refractivity contribution < 1.29 is 28.5 Å². The Bertz CT molecular complexity index is 662. The molecule has 0 radical (unpaired) electrons. The van der Waals surface area contributed by atoms with E-state index in [0.717, 1.165) is 37.0 Å². The van der Waals surface area contributed by atoms with Gasteiger partial charge in [-0.15, -0.1) is 0 Å². The molecule has 0 fully saturated rings. The summed E-state index contributed by atoms with van der Waals surface area (Å²) in [5.74, 6) is 0.00865. The first-order valence-corrected chi connectivity index (χ1v) is 9.98. The first-order chi connectivity index (χ1) is 13.9. The van der Waals surface area contributed by atoms with E-state index in [2.05, 4.69) is 6.58 Å². The molecule has 0 aliphatic carbocycles. The molecule has 0 aromatic heterocycles. The number of ether oxygens (including phenoxy) is 4. The Morgan fingerprint density at radius 1 is 1.07 bits per heavy atom. The minimum Gasteiger partial charge on any atom is -0.494 e.